The van der Waals surface area contributed by atoms with Crippen molar-refractivity contribution in [2.24, 2.45) is 5.92 Å². The van der Waals surface area contributed by atoms with Crippen LogP contribution in [0.15, 0.2) is 42.1 Å². The minimum Gasteiger partial charge on any atom is -0.385 e. The number of rotatable bonds is 4. The lowest BCUT2D eigenvalue weighted by Gasteiger charge is -2.36. The topological polar surface area (TPSA) is 20.2 Å². The highest BCUT2D eigenvalue weighted by molar-refractivity contribution is 6.83. The fraction of sp³-hybridized carbons (Fsp3) is 0.467. The summed E-state index contributed by atoms with van der Waals surface area (Å²) in [6, 6.07) is 9.86. The molecule has 0 saturated heterocycles. The van der Waals surface area contributed by atoms with Gasteiger partial charge in [0.1, 0.15) is 0 Å². The first-order valence-electron chi connectivity index (χ1n) is 6.14. The van der Waals surface area contributed by atoms with Gasteiger partial charge in [0, 0.05) is 5.92 Å². The fourth-order valence-corrected chi connectivity index (χ4v) is 3.59. The maximum Gasteiger partial charge on any atom is 0.0927 e. The van der Waals surface area contributed by atoms with Crippen LogP contribution in [0.1, 0.15) is 19.4 Å². The fourth-order valence-electron chi connectivity index (χ4n) is 2.01. The van der Waals surface area contributed by atoms with Gasteiger partial charge in [-0.15, -0.1) is 6.58 Å². The molecule has 0 radical (unpaired) electrons. The zero-order chi connectivity index (χ0) is 13.3. The Morgan fingerprint density at radius 1 is 1.24 bits per heavy atom. The Hall–Kier alpha value is -0.863. The monoisotopic (exact) mass is 248 g/mol. The molecule has 2 heteroatoms. The summed E-state index contributed by atoms with van der Waals surface area (Å²) < 4.78 is 0. The molecule has 0 fully saturated rings. The molecule has 1 nitrogen and oxygen atoms in total. The van der Waals surface area contributed by atoms with Crippen molar-refractivity contribution in [2.45, 2.75) is 39.1 Å². The van der Waals surface area contributed by atoms with Gasteiger partial charge in [-0.25, -0.2) is 0 Å². The average molecular weight is 248 g/mol. The lowest BCUT2D eigenvalue weighted by atomic mass is 9.84. The molecule has 0 bridgehead atoms. The highest BCUT2D eigenvalue weighted by Gasteiger charge is 2.36. The average Bonchev–Trinajstić information content (AvgIpc) is 2.27. The van der Waals surface area contributed by atoms with E-state index in [0.29, 0.717) is 0 Å². The molecule has 0 aliphatic heterocycles. The second kappa shape index (κ2) is 4.79. The smallest absolute Gasteiger partial charge is 0.0927 e. The Bertz CT molecular complexity index is 387. The van der Waals surface area contributed by atoms with E-state index in [0.717, 1.165) is 5.56 Å². The van der Waals surface area contributed by atoms with Gasteiger partial charge in [-0.3, -0.25) is 0 Å². The maximum atomic E-state index is 10.7. The van der Waals surface area contributed by atoms with E-state index in [1.807, 2.05) is 37.3 Å². The van der Waals surface area contributed by atoms with Crippen LogP contribution in [0, 0.1) is 5.92 Å². The molecule has 0 amide bonds. The van der Waals surface area contributed by atoms with Crippen molar-refractivity contribution in [2.75, 3.05) is 0 Å². The van der Waals surface area contributed by atoms with Crippen LogP contribution >= 0.6 is 0 Å². The van der Waals surface area contributed by atoms with Crippen molar-refractivity contribution in [1.82, 2.24) is 0 Å². The van der Waals surface area contributed by atoms with E-state index in [9.17, 15) is 5.11 Å². The SMILES string of the molecule is C=C([C@@H](C)[C@@](C)(O)c1ccccc1)[Si](C)(C)C. The maximum absolute atomic E-state index is 10.7. The van der Waals surface area contributed by atoms with Crippen LogP contribution in [0.2, 0.25) is 19.6 Å². The van der Waals surface area contributed by atoms with Crippen LogP contribution in [0.5, 0.6) is 0 Å². The van der Waals surface area contributed by atoms with Crippen molar-refractivity contribution < 1.29 is 5.11 Å². The summed E-state index contributed by atoms with van der Waals surface area (Å²) in [5.74, 6) is 0.0802. The Kier molecular flexibility index (Phi) is 4.00. The van der Waals surface area contributed by atoms with Crippen LogP contribution < -0.4 is 0 Å². The predicted octanol–water partition coefficient (Wildman–Crippen LogP) is 3.96. The Balaban J connectivity index is 3.03. The van der Waals surface area contributed by atoms with Gasteiger partial charge in [0.15, 0.2) is 0 Å². The molecular weight excluding hydrogens is 224 g/mol. The van der Waals surface area contributed by atoms with Gasteiger partial charge in [0.25, 0.3) is 0 Å². The summed E-state index contributed by atoms with van der Waals surface area (Å²) in [6.07, 6.45) is 0. The molecule has 0 aliphatic carbocycles. The minimum atomic E-state index is -1.42. The van der Waals surface area contributed by atoms with Crippen LogP contribution in [0.25, 0.3) is 0 Å². The Morgan fingerprint density at radius 3 is 2.12 bits per heavy atom. The van der Waals surface area contributed by atoms with Crippen molar-refractivity contribution >= 4 is 8.07 Å². The Morgan fingerprint density at radius 2 is 1.71 bits per heavy atom. The molecule has 0 aromatic heterocycles. The highest BCUT2D eigenvalue weighted by Crippen LogP contribution is 2.36. The highest BCUT2D eigenvalue weighted by atomic mass is 28.3. The van der Waals surface area contributed by atoms with Gasteiger partial charge in [-0.2, -0.15) is 0 Å². The van der Waals surface area contributed by atoms with Crippen molar-refractivity contribution in [1.29, 1.82) is 0 Å². The molecule has 94 valence electrons. The molecule has 1 aromatic carbocycles. The van der Waals surface area contributed by atoms with Gasteiger partial charge >= 0.3 is 0 Å². The second-order valence-electron chi connectivity index (χ2n) is 6.01. The number of hydrogen-bond donors (Lipinski definition) is 1. The molecule has 1 rings (SSSR count). The third kappa shape index (κ3) is 3.08. The summed E-state index contributed by atoms with van der Waals surface area (Å²) in [5, 5.41) is 12.0. The standard InChI is InChI=1S/C15H24OSi/c1-12(13(2)17(4,5)6)15(3,16)14-10-8-7-9-11-14/h7-12,16H,2H2,1,3-6H3/t12-,15-/m1/s1. The normalized spacial score (nSPS) is 17.3. The lowest BCUT2D eigenvalue weighted by molar-refractivity contribution is 0.0183. The van der Waals surface area contributed by atoms with Gasteiger partial charge < -0.3 is 5.11 Å². The van der Waals surface area contributed by atoms with Crippen LogP contribution in [-0.4, -0.2) is 13.2 Å². The third-order valence-electron chi connectivity index (χ3n) is 3.69. The van der Waals surface area contributed by atoms with Gasteiger partial charge in [0.05, 0.1) is 13.7 Å². The molecule has 0 spiro atoms. The van der Waals surface area contributed by atoms with Crippen molar-refractivity contribution in [3.63, 3.8) is 0 Å². The van der Waals surface area contributed by atoms with E-state index in [4.69, 9.17) is 0 Å². The van der Waals surface area contributed by atoms with Gasteiger partial charge in [-0.05, 0) is 12.5 Å². The molecule has 17 heavy (non-hydrogen) atoms. The largest absolute Gasteiger partial charge is 0.385 e. The molecule has 0 heterocycles. The number of aliphatic hydroxyl groups is 1. The lowest BCUT2D eigenvalue weighted by Crippen LogP contribution is -2.38. The quantitative estimate of drug-likeness (QED) is 0.800. The molecule has 2 atom stereocenters. The molecule has 0 saturated carbocycles. The molecular formula is C15H24OSi. The second-order valence-corrected chi connectivity index (χ2v) is 11.2. The van der Waals surface area contributed by atoms with E-state index in [1.54, 1.807) is 0 Å². The molecule has 1 aromatic rings. The number of benzene rings is 1. The zero-order valence-corrected chi connectivity index (χ0v) is 12.6. The first-order valence-corrected chi connectivity index (χ1v) is 9.64. The van der Waals surface area contributed by atoms with E-state index in [-0.39, 0.29) is 5.92 Å². The third-order valence-corrected chi connectivity index (χ3v) is 6.05. The van der Waals surface area contributed by atoms with E-state index < -0.39 is 13.7 Å². The van der Waals surface area contributed by atoms with E-state index >= 15 is 0 Å². The van der Waals surface area contributed by atoms with Crippen LogP contribution in [0.4, 0.5) is 0 Å². The first kappa shape index (κ1) is 14.2. The molecule has 0 aliphatic rings. The summed E-state index contributed by atoms with van der Waals surface area (Å²) in [6.45, 7) is 15.0. The van der Waals surface area contributed by atoms with E-state index in [2.05, 4.69) is 33.1 Å². The first-order chi connectivity index (χ1) is 7.67. The van der Waals surface area contributed by atoms with Crippen molar-refractivity contribution in [3.05, 3.63) is 47.7 Å². The summed E-state index contributed by atoms with van der Waals surface area (Å²) in [5.41, 5.74) is 0.130. The summed E-state index contributed by atoms with van der Waals surface area (Å²) in [4.78, 5) is 0. The Labute approximate surface area is 106 Å². The predicted molar refractivity (Wildman–Crippen MR) is 77.7 cm³/mol. The molecule has 1 N–H and O–H groups in total. The number of hydrogen-bond acceptors (Lipinski definition) is 1. The minimum absolute atomic E-state index is 0.0802. The molecule has 0 unspecified atom stereocenters. The summed E-state index contributed by atoms with van der Waals surface area (Å²) in [7, 11) is -1.42. The zero-order valence-electron chi connectivity index (χ0n) is 11.6. The van der Waals surface area contributed by atoms with Crippen LogP contribution in [0.3, 0.4) is 0 Å². The summed E-state index contributed by atoms with van der Waals surface area (Å²) >= 11 is 0. The van der Waals surface area contributed by atoms with Crippen LogP contribution in [-0.2, 0) is 5.60 Å². The van der Waals surface area contributed by atoms with Gasteiger partial charge in [-0.1, -0.05) is 62.1 Å². The van der Waals surface area contributed by atoms with Crippen molar-refractivity contribution in [3.8, 4) is 0 Å². The van der Waals surface area contributed by atoms with E-state index in [1.165, 1.54) is 5.20 Å². The van der Waals surface area contributed by atoms with Gasteiger partial charge in [0.2, 0.25) is 0 Å².